The summed E-state index contributed by atoms with van der Waals surface area (Å²) in [4.78, 5) is 19.1. The molecule has 0 N–H and O–H groups in total. The lowest BCUT2D eigenvalue weighted by atomic mass is 10.2. The molecule has 2 aromatic rings. The van der Waals surface area contributed by atoms with E-state index < -0.39 is 0 Å². The molecule has 1 saturated heterocycles. The number of nitro groups is 1. The Kier molecular flexibility index (Phi) is 4.06. The van der Waals surface area contributed by atoms with E-state index in [0.29, 0.717) is 43.2 Å². The number of anilines is 2. The summed E-state index contributed by atoms with van der Waals surface area (Å²) in [6.07, 6.45) is 1.67. The van der Waals surface area contributed by atoms with Crippen LogP contribution in [-0.4, -0.2) is 36.1 Å². The summed E-state index contributed by atoms with van der Waals surface area (Å²) in [6.45, 7) is 2.62. The molecule has 0 aliphatic carbocycles. The van der Waals surface area contributed by atoms with Crippen LogP contribution in [0.1, 0.15) is 5.56 Å². The molecule has 7 nitrogen and oxygen atoms in total. The SMILES string of the molecule is N#Cc1cccnc1N1CCN(c2ccccc2[N+](=O)[O-])CC1. The van der Waals surface area contributed by atoms with Gasteiger partial charge in [-0.15, -0.1) is 0 Å². The Morgan fingerprint density at radius 2 is 1.78 bits per heavy atom. The van der Waals surface area contributed by atoms with Crippen molar-refractivity contribution >= 4 is 17.2 Å². The van der Waals surface area contributed by atoms with Crippen LogP contribution in [0.2, 0.25) is 0 Å². The molecule has 0 atom stereocenters. The van der Waals surface area contributed by atoms with Crippen molar-refractivity contribution < 1.29 is 4.92 Å². The van der Waals surface area contributed by atoms with Crippen LogP contribution in [0.5, 0.6) is 0 Å². The number of piperazine rings is 1. The quantitative estimate of drug-likeness (QED) is 0.638. The molecule has 1 aromatic heterocycles. The third-order valence-corrected chi connectivity index (χ3v) is 3.91. The summed E-state index contributed by atoms with van der Waals surface area (Å²) < 4.78 is 0. The second-order valence-electron chi connectivity index (χ2n) is 5.21. The first-order valence-electron chi connectivity index (χ1n) is 7.29. The summed E-state index contributed by atoms with van der Waals surface area (Å²) >= 11 is 0. The molecule has 0 unspecified atom stereocenters. The lowest BCUT2D eigenvalue weighted by molar-refractivity contribution is -0.384. The highest BCUT2D eigenvalue weighted by Gasteiger charge is 2.24. The van der Waals surface area contributed by atoms with Crippen LogP contribution >= 0.6 is 0 Å². The predicted molar refractivity (Wildman–Crippen MR) is 86.5 cm³/mol. The fourth-order valence-corrected chi connectivity index (χ4v) is 2.78. The van der Waals surface area contributed by atoms with Gasteiger partial charge in [0.05, 0.1) is 10.5 Å². The number of nitro benzene ring substituents is 1. The summed E-state index contributed by atoms with van der Waals surface area (Å²) in [7, 11) is 0. The maximum atomic E-state index is 11.2. The number of rotatable bonds is 3. The van der Waals surface area contributed by atoms with Crippen LogP contribution in [0.25, 0.3) is 0 Å². The minimum absolute atomic E-state index is 0.122. The van der Waals surface area contributed by atoms with Gasteiger partial charge < -0.3 is 9.80 Å². The van der Waals surface area contributed by atoms with Crippen molar-refractivity contribution in [1.82, 2.24) is 4.98 Å². The number of hydrogen-bond acceptors (Lipinski definition) is 6. The van der Waals surface area contributed by atoms with Gasteiger partial charge in [-0.05, 0) is 18.2 Å². The summed E-state index contributed by atoms with van der Waals surface area (Å²) in [5.74, 6) is 0.678. The summed E-state index contributed by atoms with van der Waals surface area (Å²) in [5.41, 5.74) is 1.31. The maximum absolute atomic E-state index is 11.2. The maximum Gasteiger partial charge on any atom is 0.292 e. The molecule has 0 saturated carbocycles. The third kappa shape index (κ3) is 2.92. The van der Waals surface area contributed by atoms with E-state index in [-0.39, 0.29) is 10.6 Å². The Balaban J connectivity index is 1.77. The van der Waals surface area contributed by atoms with Crippen LogP contribution < -0.4 is 9.80 Å². The highest BCUT2D eigenvalue weighted by molar-refractivity contribution is 5.64. The van der Waals surface area contributed by atoms with Gasteiger partial charge in [-0.3, -0.25) is 10.1 Å². The van der Waals surface area contributed by atoms with Crippen LogP contribution in [-0.2, 0) is 0 Å². The molecule has 1 aliphatic rings. The lowest BCUT2D eigenvalue weighted by Gasteiger charge is -2.36. The molecular weight excluding hydrogens is 294 g/mol. The molecular formula is C16H15N5O2. The van der Waals surface area contributed by atoms with E-state index in [1.54, 1.807) is 36.5 Å². The van der Waals surface area contributed by atoms with Crippen molar-refractivity contribution in [2.24, 2.45) is 0 Å². The second kappa shape index (κ2) is 6.32. The number of nitriles is 1. The van der Waals surface area contributed by atoms with Gasteiger partial charge in [0, 0.05) is 38.4 Å². The lowest BCUT2D eigenvalue weighted by Crippen LogP contribution is -2.47. The highest BCUT2D eigenvalue weighted by atomic mass is 16.6. The Bertz CT molecular complexity index is 763. The number of hydrogen-bond donors (Lipinski definition) is 0. The molecule has 1 aliphatic heterocycles. The summed E-state index contributed by atoms with van der Waals surface area (Å²) in [6, 6.07) is 12.4. The van der Waals surface area contributed by atoms with Crippen LogP contribution in [0.15, 0.2) is 42.6 Å². The topological polar surface area (TPSA) is 86.3 Å². The monoisotopic (exact) mass is 309 g/mol. The zero-order chi connectivity index (χ0) is 16.2. The van der Waals surface area contributed by atoms with E-state index in [1.807, 2.05) is 9.80 Å². The van der Waals surface area contributed by atoms with Gasteiger partial charge in [0.15, 0.2) is 0 Å². The number of nitrogens with zero attached hydrogens (tertiary/aromatic N) is 5. The van der Waals surface area contributed by atoms with E-state index in [0.717, 1.165) is 0 Å². The van der Waals surface area contributed by atoms with E-state index in [2.05, 4.69) is 11.1 Å². The number of pyridine rings is 1. The van der Waals surface area contributed by atoms with Crippen LogP contribution in [0.4, 0.5) is 17.2 Å². The Labute approximate surface area is 133 Å². The van der Waals surface area contributed by atoms with Crippen LogP contribution in [0.3, 0.4) is 0 Å². The zero-order valence-electron chi connectivity index (χ0n) is 12.4. The fraction of sp³-hybridized carbons (Fsp3) is 0.250. The first-order valence-corrected chi connectivity index (χ1v) is 7.29. The minimum Gasteiger partial charge on any atom is -0.362 e. The zero-order valence-corrected chi connectivity index (χ0v) is 12.4. The number of aromatic nitrogens is 1. The molecule has 3 rings (SSSR count). The number of benzene rings is 1. The first kappa shape index (κ1) is 14.8. The van der Waals surface area contributed by atoms with Crippen LogP contribution in [0, 0.1) is 21.4 Å². The smallest absolute Gasteiger partial charge is 0.292 e. The average molecular weight is 309 g/mol. The fourth-order valence-electron chi connectivity index (χ4n) is 2.78. The Morgan fingerprint density at radius 3 is 2.48 bits per heavy atom. The summed E-state index contributed by atoms with van der Waals surface area (Å²) in [5, 5.41) is 20.3. The van der Waals surface area contributed by atoms with Gasteiger partial charge in [0.2, 0.25) is 0 Å². The number of para-hydroxylation sites is 2. The van der Waals surface area contributed by atoms with Crippen molar-refractivity contribution in [3.8, 4) is 6.07 Å². The Hall–Kier alpha value is -3.14. The van der Waals surface area contributed by atoms with Crippen molar-refractivity contribution in [3.05, 3.63) is 58.3 Å². The molecule has 116 valence electrons. The van der Waals surface area contributed by atoms with E-state index in [4.69, 9.17) is 0 Å². The van der Waals surface area contributed by atoms with Gasteiger partial charge in [0.25, 0.3) is 5.69 Å². The molecule has 2 heterocycles. The first-order chi connectivity index (χ1) is 11.2. The predicted octanol–water partition coefficient (Wildman–Crippen LogP) is 2.19. The van der Waals surface area contributed by atoms with E-state index in [9.17, 15) is 15.4 Å². The van der Waals surface area contributed by atoms with Gasteiger partial charge in [-0.1, -0.05) is 12.1 Å². The largest absolute Gasteiger partial charge is 0.362 e. The molecule has 0 spiro atoms. The molecule has 0 bridgehead atoms. The third-order valence-electron chi connectivity index (χ3n) is 3.91. The van der Waals surface area contributed by atoms with E-state index >= 15 is 0 Å². The van der Waals surface area contributed by atoms with E-state index in [1.165, 1.54) is 6.07 Å². The molecule has 0 amide bonds. The molecule has 1 fully saturated rings. The second-order valence-corrected chi connectivity index (χ2v) is 5.21. The Morgan fingerprint density at radius 1 is 1.09 bits per heavy atom. The molecule has 1 aromatic carbocycles. The van der Waals surface area contributed by atoms with Crippen molar-refractivity contribution in [2.45, 2.75) is 0 Å². The molecule has 23 heavy (non-hydrogen) atoms. The van der Waals surface area contributed by atoms with Gasteiger partial charge >= 0.3 is 0 Å². The normalized spacial score (nSPS) is 14.4. The van der Waals surface area contributed by atoms with Crippen molar-refractivity contribution in [1.29, 1.82) is 5.26 Å². The van der Waals surface area contributed by atoms with Gasteiger partial charge in [0.1, 0.15) is 17.6 Å². The van der Waals surface area contributed by atoms with Crippen molar-refractivity contribution in [3.63, 3.8) is 0 Å². The minimum atomic E-state index is -0.353. The standard InChI is InChI=1S/C16H15N5O2/c17-12-13-4-3-7-18-16(13)20-10-8-19(9-11-20)14-5-1-2-6-15(14)21(22)23/h1-7H,8-11H2. The molecule has 0 radical (unpaired) electrons. The average Bonchev–Trinajstić information content (AvgIpc) is 2.62. The van der Waals surface area contributed by atoms with Gasteiger partial charge in [-0.25, -0.2) is 4.98 Å². The van der Waals surface area contributed by atoms with Crippen molar-refractivity contribution in [2.75, 3.05) is 36.0 Å². The van der Waals surface area contributed by atoms with Gasteiger partial charge in [-0.2, -0.15) is 5.26 Å². The highest BCUT2D eigenvalue weighted by Crippen LogP contribution is 2.29. The molecule has 7 heteroatoms.